The Bertz CT molecular complexity index is 1250. The van der Waals surface area contributed by atoms with Gasteiger partial charge in [-0.1, -0.05) is 78.0 Å². The number of nitrogens with zero attached hydrogens (tertiary/aromatic N) is 5. The van der Waals surface area contributed by atoms with E-state index in [2.05, 4.69) is 16.3 Å². The number of anilines is 1. The molecule has 33 heavy (non-hydrogen) atoms. The molecule has 0 aliphatic rings. The van der Waals surface area contributed by atoms with Crippen LogP contribution >= 0.6 is 11.8 Å². The van der Waals surface area contributed by atoms with Gasteiger partial charge in [-0.25, -0.2) is 0 Å². The van der Waals surface area contributed by atoms with Gasteiger partial charge in [-0.2, -0.15) is 5.26 Å². The molecule has 0 aliphatic heterocycles. The molecule has 0 saturated heterocycles. The zero-order valence-corrected chi connectivity index (χ0v) is 19.1. The lowest BCUT2D eigenvalue weighted by Crippen LogP contribution is -2.33. The van der Waals surface area contributed by atoms with Crippen LogP contribution in [-0.2, 0) is 4.79 Å². The molecule has 0 N–H and O–H groups in total. The van der Waals surface area contributed by atoms with E-state index in [4.69, 9.17) is 5.26 Å². The summed E-state index contributed by atoms with van der Waals surface area (Å²) in [7, 11) is 0. The van der Waals surface area contributed by atoms with Crippen molar-refractivity contribution in [1.82, 2.24) is 14.8 Å². The highest BCUT2D eigenvalue weighted by Crippen LogP contribution is 2.28. The van der Waals surface area contributed by atoms with E-state index in [1.165, 1.54) is 11.8 Å². The third-order valence-corrected chi connectivity index (χ3v) is 6.01. The van der Waals surface area contributed by atoms with Gasteiger partial charge in [0.25, 0.3) is 0 Å². The Morgan fingerprint density at radius 3 is 2.30 bits per heavy atom. The Balaban J connectivity index is 1.61. The van der Waals surface area contributed by atoms with Crippen molar-refractivity contribution in [2.45, 2.75) is 18.5 Å². The van der Waals surface area contributed by atoms with Gasteiger partial charge in [0.05, 0.1) is 18.2 Å². The minimum absolute atomic E-state index is 0.0806. The van der Waals surface area contributed by atoms with E-state index in [9.17, 15) is 4.79 Å². The minimum Gasteiger partial charge on any atom is -0.311 e. The van der Waals surface area contributed by atoms with Gasteiger partial charge >= 0.3 is 0 Å². The molecule has 0 bridgehead atoms. The molecule has 6 nitrogen and oxygen atoms in total. The van der Waals surface area contributed by atoms with E-state index in [0.29, 0.717) is 11.7 Å². The van der Waals surface area contributed by atoms with Crippen LogP contribution in [0.15, 0.2) is 90.1 Å². The lowest BCUT2D eigenvalue weighted by molar-refractivity contribution is -0.116. The number of carbonyl (C=O) groups excluding carboxylic acids is 1. The molecule has 0 unspecified atom stereocenters. The van der Waals surface area contributed by atoms with Crippen molar-refractivity contribution >= 4 is 23.4 Å². The first-order valence-corrected chi connectivity index (χ1v) is 11.6. The summed E-state index contributed by atoms with van der Waals surface area (Å²) in [6, 6.07) is 29.6. The van der Waals surface area contributed by atoms with Gasteiger partial charge in [0.1, 0.15) is 0 Å². The first-order chi connectivity index (χ1) is 16.2. The maximum absolute atomic E-state index is 13.2. The standard InChI is InChI=1S/C26H23N5OS/c1-20-13-15-22(16-14-20)30(18-8-17-27)24(32)19-33-26-29-28-25(21-9-4-2-5-10-21)31(26)23-11-6-3-7-12-23/h2-7,9-16H,8,18-19H2,1H3. The van der Waals surface area contributed by atoms with E-state index in [1.54, 1.807) is 4.90 Å². The number of nitriles is 1. The second kappa shape index (κ2) is 10.6. The SMILES string of the molecule is Cc1ccc(N(CCC#N)C(=O)CSc2nnc(-c3ccccc3)n2-c2ccccc2)cc1. The van der Waals surface area contributed by atoms with Crippen LogP contribution < -0.4 is 4.90 Å². The average molecular weight is 454 g/mol. The maximum Gasteiger partial charge on any atom is 0.237 e. The van der Waals surface area contributed by atoms with Crippen molar-refractivity contribution in [2.75, 3.05) is 17.2 Å². The molecular weight excluding hydrogens is 430 g/mol. The van der Waals surface area contributed by atoms with Crippen molar-refractivity contribution in [1.29, 1.82) is 5.26 Å². The zero-order chi connectivity index (χ0) is 23.0. The summed E-state index contributed by atoms with van der Waals surface area (Å²) in [5.74, 6) is 0.818. The fraction of sp³-hybridized carbons (Fsp3) is 0.154. The Morgan fingerprint density at radius 1 is 0.970 bits per heavy atom. The monoisotopic (exact) mass is 453 g/mol. The summed E-state index contributed by atoms with van der Waals surface area (Å²) in [5, 5.41) is 18.5. The molecular formula is C26H23N5OS. The van der Waals surface area contributed by atoms with Crippen molar-refractivity contribution in [2.24, 2.45) is 0 Å². The molecule has 1 heterocycles. The minimum atomic E-state index is -0.0806. The topological polar surface area (TPSA) is 74.8 Å². The van der Waals surface area contributed by atoms with Crippen LogP contribution in [0.4, 0.5) is 5.69 Å². The molecule has 0 saturated carbocycles. The highest BCUT2D eigenvalue weighted by molar-refractivity contribution is 7.99. The smallest absolute Gasteiger partial charge is 0.237 e. The number of rotatable bonds is 8. The summed E-state index contributed by atoms with van der Waals surface area (Å²) in [6.07, 6.45) is 0.267. The Labute approximate surface area is 197 Å². The van der Waals surface area contributed by atoms with Gasteiger partial charge in [-0.3, -0.25) is 9.36 Å². The van der Waals surface area contributed by atoms with Crippen LogP contribution in [-0.4, -0.2) is 33.0 Å². The fourth-order valence-electron chi connectivity index (χ4n) is 3.44. The average Bonchev–Trinajstić information content (AvgIpc) is 3.29. The number of amides is 1. The van der Waals surface area contributed by atoms with E-state index < -0.39 is 0 Å². The first kappa shape index (κ1) is 22.3. The number of aromatic nitrogens is 3. The summed E-state index contributed by atoms with van der Waals surface area (Å²) in [6.45, 7) is 2.35. The predicted molar refractivity (Wildman–Crippen MR) is 131 cm³/mol. The molecule has 1 aromatic heterocycles. The van der Waals surface area contributed by atoms with Gasteiger partial charge < -0.3 is 4.90 Å². The number of hydrogen-bond donors (Lipinski definition) is 0. The number of carbonyl (C=O) groups is 1. The summed E-state index contributed by atoms with van der Waals surface area (Å²) < 4.78 is 1.97. The first-order valence-electron chi connectivity index (χ1n) is 10.6. The number of benzene rings is 3. The van der Waals surface area contributed by atoms with Crippen LogP contribution in [0.1, 0.15) is 12.0 Å². The Hall–Kier alpha value is -3.89. The second-order valence-electron chi connectivity index (χ2n) is 7.42. The quantitative estimate of drug-likeness (QED) is 0.339. The molecule has 3 aromatic carbocycles. The number of thioether (sulfide) groups is 1. The van der Waals surface area contributed by atoms with Crippen molar-refractivity contribution in [3.63, 3.8) is 0 Å². The fourth-order valence-corrected chi connectivity index (χ4v) is 4.26. The molecule has 1 amide bonds. The van der Waals surface area contributed by atoms with Crippen molar-refractivity contribution in [3.05, 3.63) is 90.5 Å². The summed E-state index contributed by atoms with van der Waals surface area (Å²) >= 11 is 1.34. The van der Waals surface area contributed by atoms with Crippen LogP contribution in [0.2, 0.25) is 0 Å². The molecule has 0 aliphatic carbocycles. The van der Waals surface area contributed by atoms with Crippen LogP contribution in [0.3, 0.4) is 0 Å². The van der Waals surface area contributed by atoms with Gasteiger partial charge in [0.2, 0.25) is 5.91 Å². The second-order valence-corrected chi connectivity index (χ2v) is 8.36. The Morgan fingerprint density at radius 2 is 1.64 bits per heavy atom. The largest absolute Gasteiger partial charge is 0.311 e. The molecule has 164 valence electrons. The molecule has 0 atom stereocenters. The lowest BCUT2D eigenvalue weighted by Gasteiger charge is -2.22. The van der Waals surface area contributed by atoms with Crippen LogP contribution in [0.5, 0.6) is 0 Å². The van der Waals surface area contributed by atoms with Crippen LogP contribution in [0.25, 0.3) is 17.1 Å². The summed E-state index contributed by atoms with van der Waals surface area (Å²) in [4.78, 5) is 14.8. The number of aryl methyl sites for hydroxylation is 1. The normalized spacial score (nSPS) is 10.5. The summed E-state index contributed by atoms with van der Waals surface area (Å²) in [5.41, 5.74) is 3.78. The molecule has 0 radical (unpaired) electrons. The van der Waals surface area contributed by atoms with E-state index >= 15 is 0 Å². The van der Waals surface area contributed by atoms with Gasteiger partial charge in [0, 0.05) is 23.5 Å². The number of hydrogen-bond acceptors (Lipinski definition) is 5. The van der Waals surface area contributed by atoms with Gasteiger partial charge in [-0.05, 0) is 31.2 Å². The van der Waals surface area contributed by atoms with Crippen LogP contribution in [0, 0.1) is 18.3 Å². The van der Waals surface area contributed by atoms with Gasteiger partial charge in [-0.15, -0.1) is 10.2 Å². The third-order valence-electron chi connectivity index (χ3n) is 5.10. The third kappa shape index (κ3) is 5.30. The van der Waals surface area contributed by atoms with Crippen molar-refractivity contribution < 1.29 is 4.79 Å². The number of para-hydroxylation sites is 1. The van der Waals surface area contributed by atoms with E-state index in [1.807, 2.05) is 96.4 Å². The molecule has 0 fully saturated rings. The Kier molecular flexibility index (Phi) is 7.18. The molecule has 7 heteroatoms. The van der Waals surface area contributed by atoms with E-state index in [0.717, 1.165) is 28.3 Å². The lowest BCUT2D eigenvalue weighted by atomic mass is 10.2. The zero-order valence-electron chi connectivity index (χ0n) is 18.3. The maximum atomic E-state index is 13.2. The van der Waals surface area contributed by atoms with E-state index in [-0.39, 0.29) is 18.1 Å². The molecule has 4 rings (SSSR count). The molecule has 0 spiro atoms. The highest BCUT2D eigenvalue weighted by atomic mass is 32.2. The highest BCUT2D eigenvalue weighted by Gasteiger charge is 2.20. The van der Waals surface area contributed by atoms with Gasteiger partial charge in [0.15, 0.2) is 11.0 Å². The molecule has 4 aromatic rings. The predicted octanol–water partition coefficient (Wildman–Crippen LogP) is 5.28. The van der Waals surface area contributed by atoms with Crippen molar-refractivity contribution in [3.8, 4) is 23.1 Å².